The van der Waals surface area contributed by atoms with Crippen molar-refractivity contribution in [1.29, 1.82) is 0 Å². The first-order chi connectivity index (χ1) is 5.72. The molecule has 2 nitrogen and oxygen atoms in total. The number of hydrogen-bond acceptors (Lipinski definition) is 2. The summed E-state index contributed by atoms with van der Waals surface area (Å²) in [4.78, 5) is 0. The first kappa shape index (κ1) is 8.91. The molecule has 0 unspecified atom stereocenters. The fourth-order valence-corrected chi connectivity index (χ4v) is 0.900. The van der Waals surface area contributed by atoms with Crippen LogP contribution >= 0.6 is 0 Å². The molecule has 12 heavy (non-hydrogen) atoms. The third-order valence-corrected chi connectivity index (χ3v) is 1.36. The molecule has 0 spiro atoms. The molecule has 0 heterocycles. The van der Waals surface area contributed by atoms with Crippen molar-refractivity contribution in [2.24, 2.45) is 0 Å². The highest BCUT2D eigenvalue weighted by Gasteiger charge is 1.98. The van der Waals surface area contributed by atoms with E-state index in [1.807, 2.05) is 38.1 Å². The summed E-state index contributed by atoms with van der Waals surface area (Å²) < 4.78 is 10.4. The molecule has 0 aliphatic rings. The lowest BCUT2D eigenvalue weighted by Gasteiger charge is -2.08. The van der Waals surface area contributed by atoms with Gasteiger partial charge in [-0.1, -0.05) is 6.07 Å². The molecule has 0 aliphatic carbocycles. The van der Waals surface area contributed by atoms with Gasteiger partial charge in [0.2, 0.25) is 0 Å². The first-order valence-electron chi connectivity index (χ1n) is 3.84. The van der Waals surface area contributed by atoms with E-state index in [9.17, 15) is 0 Å². The van der Waals surface area contributed by atoms with Crippen LogP contribution in [0.4, 0.5) is 0 Å². The van der Waals surface area contributed by atoms with Crippen LogP contribution in [0.25, 0.3) is 0 Å². The summed E-state index contributed by atoms with van der Waals surface area (Å²) in [6.07, 6.45) is 0.920. The van der Waals surface area contributed by atoms with Crippen LogP contribution < -0.4 is 9.47 Å². The standard InChI is InChI=1S/C10H13O2/c1-8(2)12-10-6-4-5-9(7-10)11-3/h4-7H,1-3H3. The van der Waals surface area contributed by atoms with Gasteiger partial charge in [0.25, 0.3) is 0 Å². The molecular weight excluding hydrogens is 152 g/mol. The maximum Gasteiger partial charge on any atom is 0.142 e. The third-order valence-electron chi connectivity index (χ3n) is 1.36. The van der Waals surface area contributed by atoms with Crippen molar-refractivity contribution >= 4 is 0 Å². The van der Waals surface area contributed by atoms with Crippen LogP contribution in [-0.2, 0) is 0 Å². The molecular formula is C10H13O2. The highest BCUT2D eigenvalue weighted by molar-refractivity contribution is 5.33. The van der Waals surface area contributed by atoms with Crippen LogP contribution in [0.3, 0.4) is 0 Å². The van der Waals surface area contributed by atoms with Crippen LogP contribution in [0.15, 0.2) is 24.3 Å². The number of methoxy groups -OCH3 is 1. The Balaban J connectivity index is 2.72. The lowest BCUT2D eigenvalue weighted by atomic mass is 10.3. The quantitative estimate of drug-likeness (QED) is 0.685. The minimum absolute atomic E-state index is 0.814. The second kappa shape index (κ2) is 4.00. The van der Waals surface area contributed by atoms with Crippen molar-refractivity contribution in [3.05, 3.63) is 30.4 Å². The summed E-state index contributed by atoms with van der Waals surface area (Å²) in [5.41, 5.74) is 0. The summed E-state index contributed by atoms with van der Waals surface area (Å²) >= 11 is 0. The number of benzene rings is 1. The predicted octanol–water partition coefficient (Wildman–Crippen LogP) is 2.65. The van der Waals surface area contributed by atoms with Gasteiger partial charge in [0.1, 0.15) is 17.6 Å². The van der Waals surface area contributed by atoms with E-state index in [1.165, 1.54) is 0 Å². The van der Waals surface area contributed by atoms with Crippen molar-refractivity contribution in [2.45, 2.75) is 13.8 Å². The van der Waals surface area contributed by atoms with E-state index in [2.05, 4.69) is 0 Å². The van der Waals surface area contributed by atoms with Crippen LogP contribution in [0.1, 0.15) is 13.8 Å². The summed E-state index contributed by atoms with van der Waals surface area (Å²) in [6.45, 7) is 3.83. The fourth-order valence-electron chi connectivity index (χ4n) is 0.900. The molecule has 1 aromatic carbocycles. The van der Waals surface area contributed by atoms with Crippen molar-refractivity contribution in [2.75, 3.05) is 7.11 Å². The maximum absolute atomic E-state index is 5.39. The third kappa shape index (κ3) is 2.46. The van der Waals surface area contributed by atoms with E-state index in [0.717, 1.165) is 17.6 Å². The van der Waals surface area contributed by atoms with Gasteiger partial charge < -0.3 is 9.47 Å². The second-order valence-electron chi connectivity index (χ2n) is 2.69. The van der Waals surface area contributed by atoms with Gasteiger partial charge >= 0.3 is 0 Å². The molecule has 0 aliphatic heterocycles. The molecule has 0 aromatic heterocycles. The Morgan fingerprint density at radius 1 is 1.17 bits per heavy atom. The largest absolute Gasteiger partial charge is 0.497 e. The van der Waals surface area contributed by atoms with E-state index < -0.39 is 0 Å². The van der Waals surface area contributed by atoms with E-state index in [1.54, 1.807) is 7.11 Å². The van der Waals surface area contributed by atoms with E-state index in [0.29, 0.717) is 0 Å². The maximum atomic E-state index is 5.39. The molecule has 65 valence electrons. The van der Waals surface area contributed by atoms with Gasteiger partial charge in [0.15, 0.2) is 0 Å². The number of rotatable bonds is 3. The molecule has 0 saturated heterocycles. The van der Waals surface area contributed by atoms with Crippen molar-refractivity contribution in [3.63, 3.8) is 0 Å². The normalized spacial score (nSPS) is 10.0. The van der Waals surface area contributed by atoms with Gasteiger partial charge in [-0.25, -0.2) is 0 Å². The van der Waals surface area contributed by atoms with Crippen LogP contribution in [0.5, 0.6) is 11.5 Å². The van der Waals surface area contributed by atoms with Crippen LogP contribution in [-0.4, -0.2) is 7.11 Å². The lowest BCUT2D eigenvalue weighted by Crippen LogP contribution is -1.96. The molecule has 0 saturated carbocycles. The van der Waals surface area contributed by atoms with Gasteiger partial charge in [-0.3, -0.25) is 0 Å². The zero-order valence-electron chi connectivity index (χ0n) is 7.63. The Bertz CT molecular complexity index is 243. The number of hydrogen-bond donors (Lipinski definition) is 0. The summed E-state index contributed by atoms with van der Waals surface area (Å²) in [7, 11) is 1.64. The van der Waals surface area contributed by atoms with Gasteiger partial charge in [-0.2, -0.15) is 0 Å². The topological polar surface area (TPSA) is 18.5 Å². The van der Waals surface area contributed by atoms with E-state index in [-0.39, 0.29) is 0 Å². The molecule has 0 bridgehead atoms. The Labute approximate surface area is 73.1 Å². The Hall–Kier alpha value is -1.18. The van der Waals surface area contributed by atoms with Gasteiger partial charge in [0.05, 0.1) is 7.11 Å². The predicted molar refractivity (Wildman–Crippen MR) is 48.2 cm³/mol. The first-order valence-corrected chi connectivity index (χ1v) is 3.84. The second-order valence-corrected chi connectivity index (χ2v) is 2.69. The Morgan fingerprint density at radius 2 is 1.83 bits per heavy atom. The minimum Gasteiger partial charge on any atom is -0.497 e. The van der Waals surface area contributed by atoms with Crippen molar-refractivity contribution in [3.8, 4) is 11.5 Å². The Morgan fingerprint density at radius 3 is 2.42 bits per heavy atom. The van der Waals surface area contributed by atoms with E-state index in [4.69, 9.17) is 9.47 Å². The molecule has 0 atom stereocenters. The monoisotopic (exact) mass is 165 g/mol. The molecule has 0 amide bonds. The lowest BCUT2D eigenvalue weighted by molar-refractivity contribution is 0.341. The zero-order valence-corrected chi connectivity index (χ0v) is 7.63. The number of ether oxygens (including phenoxy) is 2. The minimum atomic E-state index is 0.814. The van der Waals surface area contributed by atoms with Crippen molar-refractivity contribution < 1.29 is 9.47 Å². The molecule has 1 aromatic rings. The average Bonchev–Trinajstić information content (AvgIpc) is 2.03. The summed E-state index contributed by atoms with van der Waals surface area (Å²) in [5, 5.41) is 0. The molecule has 1 rings (SSSR count). The van der Waals surface area contributed by atoms with Gasteiger partial charge in [-0.05, 0) is 26.0 Å². The summed E-state index contributed by atoms with van der Waals surface area (Å²) in [6, 6.07) is 7.54. The molecule has 0 N–H and O–H groups in total. The Kier molecular flexibility index (Phi) is 2.97. The molecule has 2 heteroatoms. The fraction of sp³-hybridized carbons (Fsp3) is 0.300. The smallest absolute Gasteiger partial charge is 0.142 e. The van der Waals surface area contributed by atoms with Crippen molar-refractivity contribution in [1.82, 2.24) is 0 Å². The van der Waals surface area contributed by atoms with E-state index >= 15 is 0 Å². The average molecular weight is 165 g/mol. The highest BCUT2D eigenvalue weighted by Crippen LogP contribution is 2.20. The molecule has 1 radical (unpaired) electrons. The highest BCUT2D eigenvalue weighted by atomic mass is 16.5. The van der Waals surface area contributed by atoms with Gasteiger partial charge in [-0.15, -0.1) is 0 Å². The summed E-state index contributed by atoms with van der Waals surface area (Å²) in [5.74, 6) is 1.63. The van der Waals surface area contributed by atoms with Gasteiger partial charge in [0, 0.05) is 6.07 Å². The SMILES string of the molecule is COc1cccc(O[C](C)C)c1. The molecule has 0 fully saturated rings. The zero-order chi connectivity index (χ0) is 8.97. The van der Waals surface area contributed by atoms with Crippen LogP contribution in [0.2, 0.25) is 0 Å². The van der Waals surface area contributed by atoms with Crippen LogP contribution in [0, 0.1) is 6.10 Å².